The summed E-state index contributed by atoms with van der Waals surface area (Å²) in [6.45, 7) is 5.52. The number of halogens is 1. The minimum Gasteiger partial charge on any atom is -0.496 e. The van der Waals surface area contributed by atoms with Crippen molar-refractivity contribution in [3.8, 4) is 5.75 Å². The Morgan fingerprint density at radius 3 is 2.67 bits per heavy atom. The van der Waals surface area contributed by atoms with E-state index in [0.29, 0.717) is 23.9 Å². The lowest BCUT2D eigenvalue weighted by molar-refractivity contribution is 0.0953. The van der Waals surface area contributed by atoms with Crippen LogP contribution >= 0.6 is 15.9 Å². The molecule has 0 saturated carbocycles. The second kappa shape index (κ2) is 7.38. The van der Waals surface area contributed by atoms with Gasteiger partial charge in [0.1, 0.15) is 5.75 Å². The lowest BCUT2D eigenvalue weighted by atomic mass is 10.2. The number of benzene rings is 1. The Labute approximate surface area is 116 Å². The lowest BCUT2D eigenvalue weighted by Gasteiger charge is -2.10. The molecule has 1 amide bonds. The van der Waals surface area contributed by atoms with Crippen LogP contribution in [0.15, 0.2) is 22.7 Å². The normalized spacial score (nSPS) is 10.5. The molecule has 0 radical (unpaired) electrons. The van der Waals surface area contributed by atoms with Crippen molar-refractivity contribution in [2.24, 2.45) is 0 Å². The summed E-state index contributed by atoms with van der Waals surface area (Å²) in [5.41, 5.74) is 0.618. The van der Waals surface area contributed by atoms with Gasteiger partial charge in [-0.15, -0.1) is 0 Å². The molecule has 0 atom stereocenters. The summed E-state index contributed by atoms with van der Waals surface area (Å²) in [7, 11) is 1.59. The van der Waals surface area contributed by atoms with Crippen LogP contribution in [0.25, 0.3) is 0 Å². The molecule has 1 rings (SSSR count). The van der Waals surface area contributed by atoms with Crippen LogP contribution in [-0.4, -0.2) is 32.1 Å². The van der Waals surface area contributed by atoms with E-state index in [1.165, 1.54) is 0 Å². The topological polar surface area (TPSA) is 50.4 Å². The SMILES string of the molecule is COc1ccc(C(=O)NCCNC(C)C)cc1Br. The van der Waals surface area contributed by atoms with E-state index in [-0.39, 0.29) is 5.91 Å². The zero-order chi connectivity index (χ0) is 13.5. The zero-order valence-electron chi connectivity index (χ0n) is 10.9. The van der Waals surface area contributed by atoms with Crippen LogP contribution in [0.2, 0.25) is 0 Å². The number of methoxy groups -OCH3 is 1. The van der Waals surface area contributed by atoms with Gasteiger partial charge in [-0.3, -0.25) is 4.79 Å². The fraction of sp³-hybridized carbons (Fsp3) is 0.462. The van der Waals surface area contributed by atoms with Gasteiger partial charge in [0.2, 0.25) is 0 Å². The smallest absolute Gasteiger partial charge is 0.251 e. The maximum absolute atomic E-state index is 11.8. The van der Waals surface area contributed by atoms with Gasteiger partial charge in [-0.25, -0.2) is 0 Å². The Bertz CT molecular complexity index is 408. The van der Waals surface area contributed by atoms with E-state index in [2.05, 4.69) is 40.4 Å². The molecule has 0 aliphatic carbocycles. The summed E-state index contributed by atoms with van der Waals surface area (Å²) in [6.07, 6.45) is 0. The average Bonchev–Trinajstić information content (AvgIpc) is 2.34. The molecule has 0 saturated heterocycles. The molecule has 4 nitrogen and oxygen atoms in total. The fourth-order valence-electron chi connectivity index (χ4n) is 1.45. The third-order valence-corrected chi connectivity index (χ3v) is 3.00. The fourth-order valence-corrected chi connectivity index (χ4v) is 1.99. The lowest BCUT2D eigenvalue weighted by Crippen LogP contribution is -2.34. The second-order valence-electron chi connectivity index (χ2n) is 4.21. The van der Waals surface area contributed by atoms with Crippen molar-refractivity contribution in [2.75, 3.05) is 20.2 Å². The molecular formula is C13H19BrN2O2. The first-order valence-electron chi connectivity index (χ1n) is 5.89. The zero-order valence-corrected chi connectivity index (χ0v) is 12.5. The van der Waals surface area contributed by atoms with Crippen molar-refractivity contribution < 1.29 is 9.53 Å². The number of nitrogens with one attached hydrogen (secondary N) is 2. The maximum Gasteiger partial charge on any atom is 0.251 e. The number of carbonyl (C=O) groups is 1. The monoisotopic (exact) mass is 314 g/mol. The van der Waals surface area contributed by atoms with Gasteiger partial charge in [-0.05, 0) is 34.1 Å². The van der Waals surface area contributed by atoms with E-state index in [0.717, 1.165) is 11.0 Å². The van der Waals surface area contributed by atoms with Gasteiger partial charge >= 0.3 is 0 Å². The van der Waals surface area contributed by atoms with Crippen molar-refractivity contribution >= 4 is 21.8 Å². The first kappa shape index (κ1) is 15.0. The standard InChI is InChI=1S/C13H19BrN2O2/c1-9(2)15-6-7-16-13(17)10-4-5-12(18-3)11(14)8-10/h4-5,8-9,15H,6-7H2,1-3H3,(H,16,17). The number of hydrogen-bond acceptors (Lipinski definition) is 3. The maximum atomic E-state index is 11.8. The van der Waals surface area contributed by atoms with E-state index < -0.39 is 0 Å². The Hall–Kier alpha value is -1.07. The van der Waals surface area contributed by atoms with Gasteiger partial charge in [0.15, 0.2) is 0 Å². The Balaban J connectivity index is 2.49. The molecule has 0 aliphatic rings. The Morgan fingerprint density at radius 1 is 1.39 bits per heavy atom. The third kappa shape index (κ3) is 4.66. The Kier molecular flexibility index (Phi) is 6.15. The average molecular weight is 315 g/mol. The molecule has 18 heavy (non-hydrogen) atoms. The molecule has 5 heteroatoms. The summed E-state index contributed by atoms with van der Waals surface area (Å²) in [4.78, 5) is 11.8. The molecule has 0 aromatic heterocycles. The van der Waals surface area contributed by atoms with Crippen molar-refractivity contribution in [1.82, 2.24) is 10.6 Å². The molecule has 0 fully saturated rings. The van der Waals surface area contributed by atoms with Crippen LogP contribution in [0.3, 0.4) is 0 Å². The minimum atomic E-state index is -0.0797. The van der Waals surface area contributed by atoms with E-state index in [1.807, 2.05) is 0 Å². The van der Waals surface area contributed by atoms with Crippen molar-refractivity contribution in [3.63, 3.8) is 0 Å². The van der Waals surface area contributed by atoms with Crippen LogP contribution in [0.1, 0.15) is 24.2 Å². The van der Waals surface area contributed by atoms with Crippen molar-refractivity contribution in [2.45, 2.75) is 19.9 Å². The summed E-state index contributed by atoms with van der Waals surface area (Å²) in [5.74, 6) is 0.636. The summed E-state index contributed by atoms with van der Waals surface area (Å²) >= 11 is 3.36. The van der Waals surface area contributed by atoms with Crippen LogP contribution in [0, 0.1) is 0 Å². The first-order valence-corrected chi connectivity index (χ1v) is 6.69. The third-order valence-electron chi connectivity index (χ3n) is 2.38. The molecular weight excluding hydrogens is 296 g/mol. The van der Waals surface area contributed by atoms with E-state index in [4.69, 9.17) is 4.74 Å². The number of carbonyl (C=O) groups excluding carboxylic acids is 1. The van der Waals surface area contributed by atoms with Gasteiger partial charge in [0, 0.05) is 24.7 Å². The van der Waals surface area contributed by atoms with Gasteiger partial charge in [0.05, 0.1) is 11.6 Å². The van der Waals surface area contributed by atoms with Gasteiger partial charge in [-0.2, -0.15) is 0 Å². The second-order valence-corrected chi connectivity index (χ2v) is 5.07. The van der Waals surface area contributed by atoms with Crippen molar-refractivity contribution in [1.29, 1.82) is 0 Å². The highest BCUT2D eigenvalue weighted by molar-refractivity contribution is 9.10. The highest BCUT2D eigenvalue weighted by Gasteiger charge is 2.08. The highest BCUT2D eigenvalue weighted by Crippen LogP contribution is 2.25. The largest absolute Gasteiger partial charge is 0.496 e. The van der Waals surface area contributed by atoms with Crippen LogP contribution in [0.5, 0.6) is 5.75 Å². The summed E-state index contributed by atoms with van der Waals surface area (Å²) in [5, 5.41) is 6.09. The number of hydrogen-bond donors (Lipinski definition) is 2. The minimum absolute atomic E-state index is 0.0797. The Morgan fingerprint density at radius 2 is 2.11 bits per heavy atom. The quantitative estimate of drug-likeness (QED) is 0.791. The van der Waals surface area contributed by atoms with Crippen LogP contribution < -0.4 is 15.4 Å². The van der Waals surface area contributed by atoms with Crippen LogP contribution in [-0.2, 0) is 0 Å². The summed E-state index contributed by atoms with van der Waals surface area (Å²) in [6, 6.07) is 5.70. The molecule has 0 aliphatic heterocycles. The highest BCUT2D eigenvalue weighted by atomic mass is 79.9. The molecule has 0 bridgehead atoms. The van der Waals surface area contributed by atoms with E-state index >= 15 is 0 Å². The number of amides is 1. The van der Waals surface area contributed by atoms with Gasteiger partial charge in [0.25, 0.3) is 5.91 Å². The predicted octanol–water partition coefficient (Wildman–Crippen LogP) is 2.19. The number of ether oxygens (including phenoxy) is 1. The van der Waals surface area contributed by atoms with Crippen molar-refractivity contribution in [3.05, 3.63) is 28.2 Å². The van der Waals surface area contributed by atoms with E-state index in [1.54, 1.807) is 25.3 Å². The molecule has 0 unspecified atom stereocenters. The van der Waals surface area contributed by atoms with E-state index in [9.17, 15) is 4.79 Å². The van der Waals surface area contributed by atoms with Crippen LogP contribution in [0.4, 0.5) is 0 Å². The molecule has 1 aromatic carbocycles. The molecule has 0 heterocycles. The molecule has 100 valence electrons. The number of rotatable bonds is 6. The molecule has 0 spiro atoms. The van der Waals surface area contributed by atoms with Gasteiger partial charge in [-0.1, -0.05) is 13.8 Å². The first-order chi connectivity index (χ1) is 8.54. The summed E-state index contributed by atoms with van der Waals surface area (Å²) < 4.78 is 5.89. The molecule has 2 N–H and O–H groups in total. The molecule has 1 aromatic rings. The predicted molar refractivity (Wildman–Crippen MR) is 76.2 cm³/mol. The van der Waals surface area contributed by atoms with Gasteiger partial charge < -0.3 is 15.4 Å².